The number of unbranched alkanes of at least 4 members (excludes halogenated alkanes) is 9. The van der Waals surface area contributed by atoms with Crippen molar-refractivity contribution >= 4 is 56.7 Å². The lowest BCUT2D eigenvalue weighted by Gasteiger charge is -2.22. The van der Waals surface area contributed by atoms with Crippen LogP contribution >= 0.6 is 11.6 Å². The van der Waals surface area contributed by atoms with E-state index in [9.17, 15) is 27.6 Å². The molecule has 0 saturated carbocycles. The highest BCUT2D eigenvalue weighted by molar-refractivity contribution is 7.92. The van der Waals surface area contributed by atoms with Gasteiger partial charge < -0.3 is 10.1 Å². The Kier molecular flexibility index (Phi) is 12.2. The maximum Gasteiger partial charge on any atom is 0.418 e. The first-order valence-corrected chi connectivity index (χ1v) is 15.5. The molecule has 0 spiro atoms. The molecule has 2 N–H and O–H groups in total. The van der Waals surface area contributed by atoms with Crippen LogP contribution in [0.15, 0.2) is 18.2 Å². The molecule has 1 aliphatic rings. The Morgan fingerprint density at radius 2 is 1.56 bits per heavy atom. The molecule has 2 rings (SSSR count). The van der Waals surface area contributed by atoms with Crippen molar-refractivity contribution in [2.24, 2.45) is 0 Å². The van der Waals surface area contributed by atoms with Crippen LogP contribution in [-0.4, -0.2) is 54.4 Å². The first kappa shape index (κ1) is 32.6. The number of anilines is 2. The zero-order chi connectivity index (χ0) is 29.2. The first-order chi connectivity index (χ1) is 18.3. The molecule has 1 aromatic rings. The standard InChI is InChI=1S/C27H40ClN3O7S/c1-5-6-7-8-9-10-11-12-13-14-17-39(36,37)30-20-15-16-21(28)22(18-20)29-24(33)23(19(2)32)31-25(34)27(3,4)38-26(31)35/h15-16,18,23,30H,5-14,17H2,1-4H3,(H,29,33). The minimum atomic E-state index is -3.64. The number of ketones is 1. The molecule has 1 atom stereocenters. The lowest BCUT2D eigenvalue weighted by molar-refractivity contribution is -0.142. The predicted octanol–water partition coefficient (Wildman–Crippen LogP) is 5.66. The summed E-state index contributed by atoms with van der Waals surface area (Å²) in [6, 6.07) is 2.36. The number of amides is 3. The van der Waals surface area contributed by atoms with Gasteiger partial charge in [-0.15, -0.1) is 0 Å². The number of sulfonamides is 1. The van der Waals surface area contributed by atoms with Crippen LogP contribution in [0.2, 0.25) is 5.02 Å². The smallest absolute Gasteiger partial charge is 0.418 e. The van der Waals surface area contributed by atoms with E-state index in [0.717, 1.165) is 26.2 Å². The van der Waals surface area contributed by atoms with Gasteiger partial charge in [-0.3, -0.25) is 19.1 Å². The summed E-state index contributed by atoms with van der Waals surface area (Å²) in [6.07, 6.45) is 9.75. The number of benzene rings is 1. The summed E-state index contributed by atoms with van der Waals surface area (Å²) in [6.45, 7) is 5.96. The van der Waals surface area contributed by atoms with Crippen LogP contribution in [0.5, 0.6) is 0 Å². The fourth-order valence-electron chi connectivity index (χ4n) is 4.29. The number of imide groups is 1. The zero-order valence-corrected chi connectivity index (χ0v) is 24.8. The van der Waals surface area contributed by atoms with E-state index in [4.69, 9.17) is 16.3 Å². The second-order valence-corrected chi connectivity index (χ2v) is 12.6. The molecule has 1 aromatic carbocycles. The molecule has 1 unspecified atom stereocenters. The van der Waals surface area contributed by atoms with Gasteiger partial charge >= 0.3 is 6.09 Å². The number of carbonyl (C=O) groups is 4. The van der Waals surface area contributed by atoms with E-state index < -0.39 is 45.4 Å². The molecule has 1 saturated heterocycles. The summed E-state index contributed by atoms with van der Waals surface area (Å²) >= 11 is 6.19. The van der Waals surface area contributed by atoms with Crippen molar-refractivity contribution in [2.75, 3.05) is 15.8 Å². The highest BCUT2D eigenvalue weighted by Crippen LogP contribution is 2.29. The maximum absolute atomic E-state index is 13.0. The summed E-state index contributed by atoms with van der Waals surface area (Å²) in [5, 5.41) is 2.49. The molecule has 10 nitrogen and oxygen atoms in total. The number of hydrogen-bond acceptors (Lipinski definition) is 7. The van der Waals surface area contributed by atoms with Crippen molar-refractivity contribution in [3.05, 3.63) is 23.2 Å². The molecule has 0 aliphatic carbocycles. The number of hydrogen-bond donors (Lipinski definition) is 2. The number of carbonyl (C=O) groups excluding carboxylic acids is 4. The normalized spacial score (nSPS) is 15.7. The second-order valence-electron chi connectivity index (χ2n) is 10.4. The van der Waals surface area contributed by atoms with Crippen molar-refractivity contribution in [3.63, 3.8) is 0 Å². The zero-order valence-electron chi connectivity index (χ0n) is 23.2. The van der Waals surface area contributed by atoms with Crippen molar-refractivity contribution < 1.29 is 32.3 Å². The van der Waals surface area contributed by atoms with Gasteiger partial charge in [0.1, 0.15) is 0 Å². The maximum atomic E-state index is 13.0. The first-order valence-electron chi connectivity index (χ1n) is 13.5. The molecule has 3 amide bonds. The van der Waals surface area contributed by atoms with Crippen LogP contribution in [0, 0.1) is 0 Å². The predicted molar refractivity (Wildman–Crippen MR) is 151 cm³/mol. The van der Waals surface area contributed by atoms with Crippen LogP contribution in [-0.2, 0) is 29.1 Å². The number of rotatable bonds is 17. The monoisotopic (exact) mass is 585 g/mol. The minimum Gasteiger partial charge on any atom is -0.433 e. The van der Waals surface area contributed by atoms with Gasteiger partial charge in [-0.25, -0.2) is 18.1 Å². The van der Waals surface area contributed by atoms with E-state index in [1.54, 1.807) is 0 Å². The van der Waals surface area contributed by atoms with Crippen LogP contribution in [0.4, 0.5) is 16.2 Å². The quantitative estimate of drug-likeness (QED) is 0.178. The molecule has 0 aromatic heterocycles. The Hall–Kier alpha value is -2.66. The molecule has 0 bridgehead atoms. The fourth-order valence-corrected chi connectivity index (χ4v) is 5.62. The average Bonchev–Trinajstić information content (AvgIpc) is 3.03. The number of halogens is 1. The van der Waals surface area contributed by atoms with Crippen LogP contribution in [0.25, 0.3) is 0 Å². The lowest BCUT2D eigenvalue weighted by Crippen LogP contribution is -2.52. The van der Waals surface area contributed by atoms with Gasteiger partial charge in [0, 0.05) is 0 Å². The van der Waals surface area contributed by atoms with Gasteiger partial charge in [0.15, 0.2) is 17.4 Å². The molecule has 218 valence electrons. The number of Topliss-reactive ketones (excluding diaryl/α,β-unsaturated/α-hetero) is 1. The molecule has 12 heteroatoms. The van der Waals surface area contributed by atoms with E-state index in [1.165, 1.54) is 70.6 Å². The third-order valence-electron chi connectivity index (χ3n) is 6.43. The van der Waals surface area contributed by atoms with Crippen molar-refractivity contribution in [2.45, 2.75) is 104 Å². The van der Waals surface area contributed by atoms with E-state index in [2.05, 4.69) is 17.0 Å². The summed E-state index contributed by atoms with van der Waals surface area (Å²) < 4.78 is 32.6. The topological polar surface area (TPSA) is 139 Å². The Labute approximate surface area is 236 Å². The summed E-state index contributed by atoms with van der Waals surface area (Å²) in [5.41, 5.74) is -1.35. The fraction of sp³-hybridized carbons (Fsp3) is 0.630. The Morgan fingerprint density at radius 3 is 2.08 bits per heavy atom. The molecule has 1 aliphatic heterocycles. The molecular formula is C27H40ClN3O7S. The van der Waals surface area contributed by atoms with Gasteiger partial charge in [0.05, 0.1) is 22.2 Å². The third kappa shape index (κ3) is 9.79. The van der Waals surface area contributed by atoms with Gasteiger partial charge in [0.2, 0.25) is 10.0 Å². The van der Waals surface area contributed by atoms with Crippen molar-refractivity contribution in [1.82, 2.24) is 4.90 Å². The summed E-state index contributed by atoms with van der Waals surface area (Å²) in [5.74, 6) is -2.63. The highest BCUT2D eigenvalue weighted by atomic mass is 35.5. The molecular weight excluding hydrogens is 546 g/mol. The minimum absolute atomic E-state index is 0.00586. The second kappa shape index (κ2) is 14.6. The average molecular weight is 586 g/mol. The van der Waals surface area contributed by atoms with E-state index in [-0.39, 0.29) is 22.2 Å². The van der Waals surface area contributed by atoms with Gasteiger partial charge in [-0.2, -0.15) is 0 Å². The highest BCUT2D eigenvalue weighted by Gasteiger charge is 2.53. The van der Waals surface area contributed by atoms with Crippen LogP contribution in [0.1, 0.15) is 91.9 Å². The SMILES string of the molecule is CCCCCCCCCCCCS(=O)(=O)Nc1ccc(Cl)c(NC(=O)C(C(C)=O)N2C(=O)OC(C)(C)C2=O)c1. The number of cyclic esters (lactones) is 1. The molecule has 39 heavy (non-hydrogen) atoms. The number of ether oxygens (including phenoxy) is 1. The Bertz CT molecular complexity index is 1150. The van der Waals surface area contributed by atoms with Gasteiger partial charge in [0.25, 0.3) is 11.8 Å². The number of nitrogens with zero attached hydrogens (tertiary/aromatic N) is 1. The van der Waals surface area contributed by atoms with Gasteiger partial charge in [-0.05, 0) is 45.4 Å². The van der Waals surface area contributed by atoms with Crippen LogP contribution < -0.4 is 10.0 Å². The summed E-state index contributed by atoms with van der Waals surface area (Å²) in [4.78, 5) is 50.5. The van der Waals surface area contributed by atoms with Crippen molar-refractivity contribution in [1.29, 1.82) is 0 Å². The summed E-state index contributed by atoms with van der Waals surface area (Å²) in [7, 11) is -3.64. The number of nitrogens with one attached hydrogen (secondary N) is 2. The molecule has 0 radical (unpaired) electrons. The Morgan fingerprint density at radius 1 is 1.00 bits per heavy atom. The van der Waals surface area contributed by atoms with Gasteiger partial charge in [-0.1, -0.05) is 76.3 Å². The third-order valence-corrected chi connectivity index (χ3v) is 8.13. The largest absolute Gasteiger partial charge is 0.433 e. The van der Waals surface area contributed by atoms with E-state index in [0.29, 0.717) is 11.3 Å². The Balaban J connectivity index is 1.94. The van der Waals surface area contributed by atoms with E-state index >= 15 is 0 Å². The van der Waals surface area contributed by atoms with Crippen molar-refractivity contribution in [3.8, 4) is 0 Å². The van der Waals surface area contributed by atoms with E-state index in [1.807, 2.05) is 0 Å². The molecule has 1 fully saturated rings. The molecule has 1 heterocycles. The van der Waals surface area contributed by atoms with Crippen LogP contribution in [0.3, 0.4) is 0 Å². The lowest BCUT2D eigenvalue weighted by atomic mass is 10.1.